The van der Waals surface area contributed by atoms with Gasteiger partial charge in [0.1, 0.15) is 0 Å². The number of nitrogens with zero attached hydrogens (tertiary/aromatic N) is 3. The standard InChI is InChI=1S/C19H20N4O/c1-12-7-8-23(11-13-3-2-4-13)18(24)17(12)14-5-6-16-15(9-14)10-21-19(20)22-16/h5-10,13H,2-4,11H2,1H3,(H2,20,21,22). The third kappa shape index (κ3) is 2.56. The van der Waals surface area contributed by atoms with Gasteiger partial charge in [0.15, 0.2) is 0 Å². The van der Waals surface area contributed by atoms with E-state index in [1.165, 1.54) is 19.3 Å². The third-order valence-corrected chi connectivity index (χ3v) is 4.94. The quantitative estimate of drug-likeness (QED) is 0.804. The molecule has 1 aromatic carbocycles. The van der Waals surface area contributed by atoms with Gasteiger partial charge in [-0.25, -0.2) is 9.97 Å². The van der Waals surface area contributed by atoms with E-state index in [9.17, 15) is 4.79 Å². The zero-order valence-electron chi connectivity index (χ0n) is 13.7. The number of benzene rings is 1. The number of hydrogen-bond donors (Lipinski definition) is 1. The monoisotopic (exact) mass is 320 g/mol. The lowest BCUT2D eigenvalue weighted by Gasteiger charge is -2.26. The van der Waals surface area contributed by atoms with E-state index in [2.05, 4.69) is 9.97 Å². The van der Waals surface area contributed by atoms with Crippen LogP contribution in [0.2, 0.25) is 0 Å². The molecule has 24 heavy (non-hydrogen) atoms. The first-order chi connectivity index (χ1) is 11.6. The van der Waals surface area contributed by atoms with Gasteiger partial charge >= 0.3 is 0 Å². The van der Waals surface area contributed by atoms with E-state index < -0.39 is 0 Å². The molecule has 0 saturated heterocycles. The van der Waals surface area contributed by atoms with Gasteiger partial charge in [-0.2, -0.15) is 0 Å². The first kappa shape index (κ1) is 14.9. The van der Waals surface area contributed by atoms with Crippen LogP contribution in [0.3, 0.4) is 0 Å². The second kappa shape index (κ2) is 5.74. The first-order valence-corrected chi connectivity index (χ1v) is 8.34. The Labute approximate surface area is 140 Å². The summed E-state index contributed by atoms with van der Waals surface area (Å²) in [6, 6.07) is 7.82. The molecule has 1 aliphatic carbocycles. The zero-order valence-corrected chi connectivity index (χ0v) is 13.7. The van der Waals surface area contributed by atoms with E-state index in [1.54, 1.807) is 6.20 Å². The summed E-state index contributed by atoms with van der Waals surface area (Å²) in [4.78, 5) is 21.2. The van der Waals surface area contributed by atoms with Gasteiger partial charge in [-0.15, -0.1) is 0 Å². The number of anilines is 1. The van der Waals surface area contributed by atoms with Crippen molar-refractivity contribution >= 4 is 16.9 Å². The average Bonchev–Trinajstić information content (AvgIpc) is 2.52. The van der Waals surface area contributed by atoms with Crippen molar-refractivity contribution in [3.8, 4) is 11.1 Å². The van der Waals surface area contributed by atoms with Crippen molar-refractivity contribution in [2.45, 2.75) is 32.7 Å². The van der Waals surface area contributed by atoms with Crippen molar-refractivity contribution < 1.29 is 0 Å². The van der Waals surface area contributed by atoms with Gasteiger partial charge in [-0.3, -0.25) is 4.79 Å². The molecule has 0 bridgehead atoms. The predicted molar refractivity (Wildman–Crippen MR) is 95.7 cm³/mol. The fourth-order valence-corrected chi connectivity index (χ4v) is 3.32. The van der Waals surface area contributed by atoms with Crippen LogP contribution in [-0.2, 0) is 6.54 Å². The molecule has 2 N–H and O–H groups in total. The van der Waals surface area contributed by atoms with E-state index in [0.29, 0.717) is 5.92 Å². The molecule has 0 atom stereocenters. The minimum atomic E-state index is 0.0811. The summed E-state index contributed by atoms with van der Waals surface area (Å²) in [5, 5.41) is 0.884. The molecule has 1 fully saturated rings. The molecule has 0 spiro atoms. The molecular weight excluding hydrogens is 300 g/mol. The lowest BCUT2D eigenvalue weighted by Crippen LogP contribution is -2.28. The number of hydrogen-bond acceptors (Lipinski definition) is 4. The van der Waals surface area contributed by atoms with E-state index >= 15 is 0 Å². The van der Waals surface area contributed by atoms with Crippen LogP contribution >= 0.6 is 0 Å². The summed E-state index contributed by atoms with van der Waals surface area (Å²) in [7, 11) is 0. The molecule has 122 valence electrons. The molecule has 1 aliphatic rings. The Morgan fingerprint density at radius 3 is 2.88 bits per heavy atom. The molecule has 2 heterocycles. The van der Waals surface area contributed by atoms with E-state index in [0.717, 1.165) is 34.1 Å². The molecule has 0 unspecified atom stereocenters. The molecule has 5 nitrogen and oxygen atoms in total. The topological polar surface area (TPSA) is 73.8 Å². The van der Waals surface area contributed by atoms with Crippen LogP contribution in [0.5, 0.6) is 0 Å². The molecular formula is C19H20N4O. The van der Waals surface area contributed by atoms with E-state index in [4.69, 9.17) is 5.73 Å². The number of fused-ring (bicyclic) bond motifs is 1. The Morgan fingerprint density at radius 1 is 1.29 bits per heavy atom. The number of nitrogens with two attached hydrogens (primary N) is 1. The molecule has 0 radical (unpaired) electrons. The van der Waals surface area contributed by atoms with Gasteiger partial charge in [0.05, 0.1) is 11.1 Å². The lowest BCUT2D eigenvalue weighted by atomic mass is 9.85. The zero-order chi connectivity index (χ0) is 16.7. The normalized spacial score (nSPS) is 14.7. The highest BCUT2D eigenvalue weighted by Crippen LogP contribution is 2.28. The summed E-state index contributed by atoms with van der Waals surface area (Å²) in [5.41, 5.74) is 9.15. The van der Waals surface area contributed by atoms with Crippen molar-refractivity contribution in [3.63, 3.8) is 0 Å². The van der Waals surface area contributed by atoms with Crippen LogP contribution in [0.4, 0.5) is 5.95 Å². The van der Waals surface area contributed by atoms with Crippen molar-refractivity contribution in [2.75, 3.05) is 5.73 Å². The SMILES string of the molecule is Cc1ccn(CC2CCC2)c(=O)c1-c1ccc2nc(N)ncc2c1. The first-order valence-electron chi connectivity index (χ1n) is 8.34. The Hall–Kier alpha value is -2.69. The summed E-state index contributed by atoms with van der Waals surface area (Å²) in [6.07, 6.45) is 7.36. The highest BCUT2D eigenvalue weighted by Gasteiger charge is 2.19. The highest BCUT2D eigenvalue weighted by molar-refractivity contribution is 5.84. The second-order valence-electron chi connectivity index (χ2n) is 6.63. The van der Waals surface area contributed by atoms with Gasteiger partial charge in [-0.05, 0) is 55.0 Å². The smallest absolute Gasteiger partial charge is 0.258 e. The maximum Gasteiger partial charge on any atom is 0.258 e. The third-order valence-electron chi connectivity index (χ3n) is 4.94. The van der Waals surface area contributed by atoms with Crippen molar-refractivity contribution in [1.29, 1.82) is 0 Å². The van der Waals surface area contributed by atoms with Crippen LogP contribution < -0.4 is 11.3 Å². The Balaban J connectivity index is 1.81. The Bertz CT molecular complexity index is 973. The highest BCUT2D eigenvalue weighted by atomic mass is 16.1. The van der Waals surface area contributed by atoms with Crippen molar-refractivity contribution in [3.05, 3.63) is 52.6 Å². The van der Waals surface area contributed by atoms with Crippen LogP contribution in [-0.4, -0.2) is 14.5 Å². The van der Waals surface area contributed by atoms with Gasteiger partial charge < -0.3 is 10.3 Å². The van der Waals surface area contributed by atoms with Crippen LogP contribution in [0.1, 0.15) is 24.8 Å². The number of nitrogen functional groups attached to an aromatic ring is 1. The van der Waals surface area contributed by atoms with Crippen LogP contribution in [0.15, 0.2) is 41.5 Å². The summed E-state index contributed by atoms with van der Waals surface area (Å²) in [6.45, 7) is 2.80. The maximum absolute atomic E-state index is 13.0. The maximum atomic E-state index is 13.0. The molecule has 0 amide bonds. The Kier molecular flexibility index (Phi) is 3.56. The van der Waals surface area contributed by atoms with Crippen LogP contribution in [0.25, 0.3) is 22.0 Å². The Morgan fingerprint density at radius 2 is 2.12 bits per heavy atom. The summed E-state index contributed by atoms with van der Waals surface area (Å²) < 4.78 is 1.86. The number of aryl methyl sites for hydroxylation is 1. The minimum Gasteiger partial charge on any atom is -0.368 e. The summed E-state index contributed by atoms with van der Waals surface area (Å²) >= 11 is 0. The molecule has 2 aromatic heterocycles. The van der Waals surface area contributed by atoms with E-state index in [1.807, 2.05) is 42.0 Å². The number of rotatable bonds is 3. The van der Waals surface area contributed by atoms with E-state index in [-0.39, 0.29) is 11.5 Å². The number of pyridine rings is 1. The fraction of sp³-hybridized carbons (Fsp3) is 0.316. The molecule has 0 aliphatic heterocycles. The molecule has 4 rings (SSSR count). The number of aromatic nitrogens is 3. The lowest BCUT2D eigenvalue weighted by molar-refractivity contribution is 0.274. The van der Waals surface area contributed by atoms with Crippen LogP contribution in [0, 0.1) is 12.8 Å². The predicted octanol–water partition coefficient (Wildman–Crippen LogP) is 3.15. The van der Waals surface area contributed by atoms with Gasteiger partial charge in [0, 0.05) is 24.3 Å². The van der Waals surface area contributed by atoms with Gasteiger partial charge in [0.25, 0.3) is 5.56 Å². The van der Waals surface area contributed by atoms with Gasteiger partial charge in [0.2, 0.25) is 5.95 Å². The summed E-state index contributed by atoms with van der Waals surface area (Å²) in [5.74, 6) is 0.903. The van der Waals surface area contributed by atoms with Crippen molar-refractivity contribution in [2.24, 2.45) is 5.92 Å². The molecule has 3 aromatic rings. The molecule has 5 heteroatoms. The fourth-order valence-electron chi connectivity index (χ4n) is 3.32. The minimum absolute atomic E-state index is 0.0811. The second-order valence-corrected chi connectivity index (χ2v) is 6.63. The largest absolute Gasteiger partial charge is 0.368 e. The van der Waals surface area contributed by atoms with Crippen molar-refractivity contribution in [1.82, 2.24) is 14.5 Å². The average molecular weight is 320 g/mol. The molecule has 1 saturated carbocycles. The van der Waals surface area contributed by atoms with Gasteiger partial charge in [-0.1, -0.05) is 12.5 Å².